The summed E-state index contributed by atoms with van der Waals surface area (Å²) in [7, 11) is 1.49. The van der Waals surface area contributed by atoms with Gasteiger partial charge in [-0.1, -0.05) is 54.6 Å². The minimum atomic E-state index is -0.325. The van der Waals surface area contributed by atoms with E-state index >= 15 is 0 Å². The van der Waals surface area contributed by atoms with E-state index < -0.39 is 0 Å². The first-order valence-electron chi connectivity index (χ1n) is 6.38. The van der Waals surface area contributed by atoms with Gasteiger partial charge in [-0.2, -0.15) is 0 Å². The van der Waals surface area contributed by atoms with E-state index in [1.807, 2.05) is 48.5 Å². The molecule has 0 fully saturated rings. The minimum Gasteiger partial charge on any atom is -0.273 e. The second-order valence-corrected chi connectivity index (χ2v) is 4.27. The normalized spacial score (nSPS) is 11.7. The van der Waals surface area contributed by atoms with Gasteiger partial charge in [0.25, 0.3) is 5.91 Å². The molecule has 0 aliphatic rings. The Hall–Kier alpha value is -2.39. The zero-order chi connectivity index (χ0) is 14.4. The lowest BCUT2D eigenvalue weighted by Gasteiger charge is -2.27. The molecule has 0 saturated carbocycles. The molecule has 2 rings (SSSR count). The van der Waals surface area contributed by atoms with Crippen LogP contribution in [-0.2, 0) is 4.84 Å². The van der Waals surface area contributed by atoms with Gasteiger partial charge in [-0.15, -0.1) is 6.58 Å². The first-order chi connectivity index (χ1) is 9.77. The number of amides is 1. The number of carbonyl (C=O) groups is 1. The van der Waals surface area contributed by atoms with Gasteiger partial charge in [-0.25, -0.2) is 5.06 Å². The van der Waals surface area contributed by atoms with Gasteiger partial charge in [-0.3, -0.25) is 9.63 Å². The van der Waals surface area contributed by atoms with Crippen LogP contribution < -0.4 is 0 Å². The summed E-state index contributed by atoms with van der Waals surface area (Å²) in [6.07, 6.45) is 1.69. The SMILES string of the molecule is C=CC(c1ccccc1)N(OC)C(=O)c1ccccc1. The molecule has 0 aliphatic heterocycles. The van der Waals surface area contributed by atoms with Crippen molar-refractivity contribution in [2.45, 2.75) is 6.04 Å². The molecule has 1 amide bonds. The van der Waals surface area contributed by atoms with Gasteiger partial charge in [0.2, 0.25) is 0 Å². The van der Waals surface area contributed by atoms with Crippen LogP contribution in [0.4, 0.5) is 0 Å². The number of benzene rings is 2. The number of carbonyl (C=O) groups excluding carboxylic acids is 1. The maximum absolute atomic E-state index is 12.5. The molecule has 0 radical (unpaired) electrons. The van der Waals surface area contributed by atoms with Gasteiger partial charge >= 0.3 is 0 Å². The molecule has 3 heteroatoms. The minimum absolute atomic E-state index is 0.193. The second kappa shape index (κ2) is 6.68. The van der Waals surface area contributed by atoms with Crippen molar-refractivity contribution in [2.24, 2.45) is 0 Å². The number of rotatable bonds is 5. The highest BCUT2D eigenvalue weighted by Gasteiger charge is 2.24. The first kappa shape index (κ1) is 14.0. The first-order valence-corrected chi connectivity index (χ1v) is 6.38. The third-order valence-corrected chi connectivity index (χ3v) is 3.03. The number of nitrogens with zero attached hydrogens (tertiary/aromatic N) is 1. The smallest absolute Gasteiger partial charge is 0.273 e. The monoisotopic (exact) mass is 267 g/mol. The van der Waals surface area contributed by atoms with Crippen LogP contribution >= 0.6 is 0 Å². The van der Waals surface area contributed by atoms with E-state index in [1.54, 1.807) is 18.2 Å². The van der Waals surface area contributed by atoms with Crippen LogP contribution in [0.5, 0.6) is 0 Å². The summed E-state index contributed by atoms with van der Waals surface area (Å²) in [5.41, 5.74) is 1.53. The Morgan fingerprint density at radius 3 is 2.15 bits per heavy atom. The molecule has 0 heterocycles. The summed E-state index contributed by atoms with van der Waals surface area (Å²) in [4.78, 5) is 17.8. The number of hydroxylamine groups is 2. The summed E-state index contributed by atoms with van der Waals surface area (Å²) in [5.74, 6) is -0.193. The molecule has 1 atom stereocenters. The van der Waals surface area contributed by atoms with Crippen molar-refractivity contribution < 1.29 is 9.63 Å². The van der Waals surface area contributed by atoms with Gasteiger partial charge in [0.15, 0.2) is 0 Å². The largest absolute Gasteiger partial charge is 0.278 e. The van der Waals surface area contributed by atoms with E-state index in [0.717, 1.165) is 5.56 Å². The third-order valence-electron chi connectivity index (χ3n) is 3.03. The van der Waals surface area contributed by atoms with Gasteiger partial charge in [0.1, 0.15) is 6.04 Å². The molecule has 0 aromatic heterocycles. The fourth-order valence-corrected chi connectivity index (χ4v) is 2.05. The lowest BCUT2D eigenvalue weighted by Crippen LogP contribution is -2.33. The van der Waals surface area contributed by atoms with Crippen molar-refractivity contribution in [3.63, 3.8) is 0 Å². The maximum atomic E-state index is 12.5. The zero-order valence-corrected chi connectivity index (χ0v) is 11.4. The number of hydrogen-bond acceptors (Lipinski definition) is 2. The third kappa shape index (κ3) is 2.95. The quantitative estimate of drug-likeness (QED) is 0.611. The standard InChI is InChI=1S/C17H17NO2/c1-3-16(14-10-6-4-7-11-14)18(20-2)17(19)15-12-8-5-9-13-15/h3-13,16H,1H2,2H3. The molecule has 1 unspecified atom stereocenters. The van der Waals surface area contributed by atoms with Crippen LogP contribution in [0.1, 0.15) is 22.0 Å². The highest BCUT2D eigenvalue weighted by molar-refractivity contribution is 5.93. The average molecular weight is 267 g/mol. The summed E-state index contributed by atoms with van der Waals surface area (Å²) in [5, 5.41) is 1.33. The fourth-order valence-electron chi connectivity index (χ4n) is 2.05. The van der Waals surface area contributed by atoms with Crippen LogP contribution in [0.15, 0.2) is 73.3 Å². The van der Waals surface area contributed by atoms with Crippen LogP contribution in [0.3, 0.4) is 0 Å². The van der Waals surface area contributed by atoms with E-state index in [1.165, 1.54) is 12.2 Å². The van der Waals surface area contributed by atoms with Gasteiger partial charge in [-0.05, 0) is 17.7 Å². The van der Waals surface area contributed by atoms with Crippen LogP contribution in [0, 0.1) is 0 Å². The van der Waals surface area contributed by atoms with Crippen LogP contribution in [-0.4, -0.2) is 18.1 Å². The van der Waals surface area contributed by atoms with Crippen molar-refractivity contribution in [2.75, 3.05) is 7.11 Å². The molecule has 102 valence electrons. The van der Waals surface area contributed by atoms with E-state index in [0.29, 0.717) is 5.56 Å². The lowest BCUT2D eigenvalue weighted by atomic mass is 10.1. The summed E-state index contributed by atoms with van der Waals surface area (Å²) in [6, 6.07) is 18.4. The average Bonchev–Trinajstić information content (AvgIpc) is 2.53. The fraction of sp³-hybridized carbons (Fsp3) is 0.118. The molecule has 0 N–H and O–H groups in total. The molecular formula is C17H17NO2. The summed E-state index contributed by atoms with van der Waals surface area (Å²) >= 11 is 0. The molecule has 20 heavy (non-hydrogen) atoms. The highest BCUT2D eigenvalue weighted by Crippen LogP contribution is 2.23. The summed E-state index contributed by atoms with van der Waals surface area (Å²) < 4.78 is 0. The molecule has 0 saturated heterocycles. The van der Waals surface area contributed by atoms with E-state index in [4.69, 9.17) is 4.84 Å². The Labute approximate surface area is 119 Å². The molecular weight excluding hydrogens is 250 g/mol. The predicted octanol–water partition coefficient (Wildman–Crippen LogP) is 3.62. The number of hydrogen-bond donors (Lipinski definition) is 0. The van der Waals surface area contributed by atoms with Crippen molar-refractivity contribution in [1.29, 1.82) is 0 Å². The van der Waals surface area contributed by atoms with Crippen molar-refractivity contribution >= 4 is 5.91 Å². The van der Waals surface area contributed by atoms with E-state index in [2.05, 4.69) is 6.58 Å². The predicted molar refractivity (Wildman–Crippen MR) is 79.0 cm³/mol. The Morgan fingerprint density at radius 2 is 1.65 bits per heavy atom. The van der Waals surface area contributed by atoms with Crippen molar-refractivity contribution in [1.82, 2.24) is 5.06 Å². The lowest BCUT2D eigenvalue weighted by molar-refractivity contribution is -0.114. The maximum Gasteiger partial charge on any atom is 0.278 e. The van der Waals surface area contributed by atoms with Crippen molar-refractivity contribution in [3.8, 4) is 0 Å². The van der Waals surface area contributed by atoms with E-state index in [9.17, 15) is 4.79 Å². The van der Waals surface area contributed by atoms with Crippen LogP contribution in [0.25, 0.3) is 0 Å². The van der Waals surface area contributed by atoms with E-state index in [-0.39, 0.29) is 11.9 Å². The zero-order valence-electron chi connectivity index (χ0n) is 11.4. The van der Waals surface area contributed by atoms with Gasteiger partial charge < -0.3 is 0 Å². The Balaban J connectivity index is 2.31. The van der Waals surface area contributed by atoms with Crippen LogP contribution in [0.2, 0.25) is 0 Å². The van der Waals surface area contributed by atoms with Gasteiger partial charge in [0, 0.05) is 5.56 Å². The second-order valence-electron chi connectivity index (χ2n) is 4.27. The highest BCUT2D eigenvalue weighted by atomic mass is 16.7. The molecule has 0 bridgehead atoms. The Morgan fingerprint density at radius 1 is 1.10 bits per heavy atom. The Bertz CT molecular complexity index is 566. The molecule has 0 aliphatic carbocycles. The summed E-state index contributed by atoms with van der Waals surface area (Å²) in [6.45, 7) is 3.81. The molecule has 2 aromatic rings. The molecule has 3 nitrogen and oxygen atoms in total. The molecule has 0 spiro atoms. The Kier molecular flexibility index (Phi) is 4.69. The topological polar surface area (TPSA) is 29.5 Å². The molecule has 2 aromatic carbocycles. The van der Waals surface area contributed by atoms with Gasteiger partial charge in [0.05, 0.1) is 7.11 Å². The van der Waals surface area contributed by atoms with Crippen molar-refractivity contribution in [3.05, 3.63) is 84.4 Å².